The van der Waals surface area contributed by atoms with Crippen LogP contribution in [0.25, 0.3) is 0 Å². The van der Waals surface area contributed by atoms with Gasteiger partial charge in [0, 0.05) is 0 Å². The van der Waals surface area contributed by atoms with E-state index in [2.05, 4.69) is 182 Å². The number of alkyl halides is 3. The number of benzene rings is 6. The minimum absolute atomic E-state index is 0. The Labute approximate surface area is 270 Å². The topological polar surface area (TPSA) is 72.3 Å². The molecule has 4 N–H and O–H groups in total. The molecule has 0 spiro atoms. The molecule has 0 aromatic heterocycles. The van der Waals surface area contributed by atoms with E-state index in [4.69, 9.17) is 9.90 Å². The molecule has 0 amide bonds. The Balaban J connectivity index is 0.000000205. The van der Waals surface area contributed by atoms with Gasteiger partial charge in [0.1, 0.15) is 0 Å². The molecule has 0 aliphatic heterocycles. The van der Waals surface area contributed by atoms with Gasteiger partial charge < -0.3 is 11.3 Å². The number of hydrogen-bond donors (Lipinski definition) is 2. The maximum absolute atomic E-state index is 10.6. The van der Waals surface area contributed by atoms with E-state index >= 15 is 0 Å². The molecule has 6 aromatic rings. The number of rotatable bonds is 6. The third-order valence-corrected chi connectivity index (χ3v) is 13.3. The van der Waals surface area contributed by atoms with Crippen molar-refractivity contribution in [1.29, 1.82) is 0 Å². The molecule has 238 valence electrons. The van der Waals surface area contributed by atoms with Crippen LogP contribution >= 0.6 is 15.8 Å². The van der Waals surface area contributed by atoms with E-state index in [1.54, 1.807) is 0 Å². The van der Waals surface area contributed by atoms with Crippen molar-refractivity contribution in [2.24, 2.45) is 0 Å². The summed E-state index contributed by atoms with van der Waals surface area (Å²) in [5.74, 6) is -2.76. The van der Waals surface area contributed by atoms with Crippen LogP contribution in [0.5, 0.6) is 0 Å². The first-order valence-electron chi connectivity index (χ1n) is 14.4. The zero-order valence-corrected chi connectivity index (χ0v) is 27.5. The third-order valence-electron chi connectivity index (χ3n) is 7.04. The molecule has 0 aliphatic rings. The van der Waals surface area contributed by atoms with Gasteiger partial charge in [-0.2, -0.15) is 13.2 Å². The molecular formula is C38H38F3NO2P2. The van der Waals surface area contributed by atoms with Crippen LogP contribution in [0, 0.1) is 0 Å². The number of hydrogen-bond acceptors (Lipinski definition) is 2. The molecule has 0 bridgehead atoms. The second kappa shape index (κ2) is 18.4. The van der Waals surface area contributed by atoms with E-state index in [1.807, 2.05) is 0 Å². The van der Waals surface area contributed by atoms with Gasteiger partial charge in [0.15, 0.2) is 0 Å². The van der Waals surface area contributed by atoms with Gasteiger partial charge in [-0.1, -0.05) is 0 Å². The Morgan fingerprint density at radius 1 is 0.391 bits per heavy atom. The van der Waals surface area contributed by atoms with Crippen LogP contribution in [0.3, 0.4) is 0 Å². The van der Waals surface area contributed by atoms with Crippen molar-refractivity contribution >= 4 is 53.6 Å². The Hall–Kier alpha value is -4.60. The quantitative estimate of drug-likeness (QED) is 0.198. The van der Waals surface area contributed by atoms with Crippen LogP contribution in [0.2, 0.25) is 0 Å². The van der Waals surface area contributed by atoms with Gasteiger partial charge in [-0.15, -0.1) is 0 Å². The standard InChI is InChI=1S/2C18H17P.C2HF3O2.H3N/c2*1-4-10-16(11-5-1)19(17-12-6-2-7-13-17)18-14-8-3-9-15-18;3-2(4,5)1(6)7;/h2*1-15H,19H2;(H,6,7);1H3. The number of carboxylic acids is 1. The second-order valence-corrected chi connectivity index (χ2v) is 15.9. The first kappa shape index (κ1) is 35.9. The van der Waals surface area contributed by atoms with Crippen LogP contribution in [-0.4, -0.2) is 17.3 Å². The van der Waals surface area contributed by atoms with Crippen LogP contribution < -0.4 is 38.0 Å². The Morgan fingerprint density at radius 3 is 0.630 bits per heavy atom. The van der Waals surface area contributed by atoms with E-state index in [-0.39, 0.29) is 6.15 Å². The molecule has 0 atom stereocenters. The first-order valence-corrected chi connectivity index (χ1v) is 17.9. The summed E-state index contributed by atoms with van der Waals surface area (Å²) < 4.78 is 31.7. The summed E-state index contributed by atoms with van der Waals surface area (Å²) in [5.41, 5.74) is 0. The van der Waals surface area contributed by atoms with Crippen molar-refractivity contribution in [1.82, 2.24) is 6.15 Å². The predicted octanol–water partition coefficient (Wildman–Crippen LogP) is 6.61. The monoisotopic (exact) mass is 659 g/mol. The zero-order valence-electron chi connectivity index (χ0n) is 25.2. The summed E-state index contributed by atoms with van der Waals surface area (Å²) in [4.78, 5) is 8.90. The van der Waals surface area contributed by atoms with Gasteiger partial charge in [0.25, 0.3) is 0 Å². The maximum atomic E-state index is 10.6. The average Bonchev–Trinajstić information content (AvgIpc) is 3.08. The van der Waals surface area contributed by atoms with E-state index in [1.165, 1.54) is 31.8 Å². The van der Waals surface area contributed by atoms with E-state index in [0.29, 0.717) is 0 Å². The van der Waals surface area contributed by atoms with Gasteiger partial charge in [0.2, 0.25) is 0 Å². The summed E-state index contributed by atoms with van der Waals surface area (Å²) in [7, 11) is -2.62. The summed E-state index contributed by atoms with van der Waals surface area (Å²) in [6.07, 6.45) is -5.08. The molecule has 0 unspecified atom stereocenters. The van der Waals surface area contributed by atoms with Crippen LogP contribution in [0.1, 0.15) is 0 Å². The van der Waals surface area contributed by atoms with Crippen molar-refractivity contribution < 1.29 is 23.1 Å². The van der Waals surface area contributed by atoms with Gasteiger partial charge in [0.05, 0.1) is 0 Å². The molecule has 0 fully saturated rings. The fraction of sp³-hybridized carbons (Fsp3) is 0.0263. The molecule has 46 heavy (non-hydrogen) atoms. The molecule has 8 heteroatoms. The molecule has 0 saturated carbocycles. The summed E-state index contributed by atoms with van der Waals surface area (Å²) >= 11 is 0. The zero-order chi connectivity index (χ0) is 31.9. The van der Waals surface area contributed by atoms with Crippen molar-refractivity contribution in [2.75, 3.05) is 0 Å². The average molecular weight is 660 g/mol. The summed E-state index contributed by atoms with van der Waals surface area (Å²) in [5, 5.41) is 16.0. The molecule has 6 rings (SSSR count). The van der Waals surface area contributed by atoms with Gasteiger partial charge in [-0.3, -0.25) is 0 Å². The van der Waals surface area contributed by atoms with Crippen molar-refractivity contribution in [3.05, 3.63) is 182 Å². The van der Waals surface area contributed by atoms with Crippen molar-refractivity contribution in [3.8, 4) is 0 Å². The second-order valence-electron chi connectivity index (χ2n) is 10.1. The van der Waals surface area contributed by atoms with E-state index in [0.717, 1.165) is 0 Å². The fourth-order valence-electron chi connectivity index (χ4n) is 5.03. The van der Waals surface area contributed by atoms with Gasteiger partial charge >= 0.3 is 242 Å². The Morgan fingerprint density at radius 2 is 0.522 bits per heavy atom. The first-order chi connectivity index (χ1) is 21.8. The predicted molar refractivity (Wildman–Crippen MR) is 195 cm³/mol. The minimum atomic E-state index is -5.08. The summed E-state index contributed by atoms with van der Waals surface area (Å²) in [6, 6.07) is 65.3. The van der Waals surface area contributed by atoms with E-state index < -0.39 is 28.0 Å². The number of aliphatic carboxylic acids is 1. The Kier molecular flexibility index (Phi) is 14.3. The normalized spacial score (nSPS) is 10.8. The molecule has 0 radical (unpaired) electrons. The fourth-order valence-corrected chi connectivity index (χ4v) is 11.0. The molecular weight excluding hydrogens is 621 g/mol. The number of carbonyl (C=O) groups is 1. The third kappa shape index (κ3) is 10.8. The number of halogens is 3. The van der Waals surface area contributed by atoms with Crippen LogP contribution in [-0.2, 0) is 4.79 Å². The van der Waals surface area contributed by atoms with Crippen LogP contribution in [0.4, 0.5) is 13.2 Å². The Bertz CT molecular complexity index is 1390. The molecule has 0 heterocycles. The molecule has 3 nitrogen and oxygen atoms in total. The molecule has 6 aromatic carbocycles. The number of carboxylic acid groups (broad SMARTS) is 1. The molecule has 0 aliphatic carbocycles. The van der Waals surface area contributed by atoms with Crippen molar-refractivity contribution in [3.63, 3.8) is 0 Å². The molecule has 0 saturated heterocycles. The van der Waals surface area contributed by atoms with Gasteiger partial charge in [-0.05, 0) is 0 Å². The summed E-state index contributed by atoms with van der Waals surface area (Å²) in [6.45, 7) is 0. The van der Waals surface area contributed by atoms with Crippen molar-refractivity contribution in [2.45, 2.75) is 6.18 Å². The van der Waals surface area contributed by atoms with Gasteiger partial charge in [-0.25, -0.2) is 4.79 Å². The van der Waals surface area contributed by atoms with E-state index in [9.17, 15) is 13.2 Å². The van der Waals surface area contributed by atoms with Crippen LogP contribution in [0.15, 0.2) is 182 Å². The SMILES string of the molecule is N.O=C(O)C(F)(F)F.c1ccc([PH2](c2ccccc2)c2ccccc2)cc1.c1ccc([PH2](c2ccccc2)c2ccccc2)cc1.